The third-order valence-corrected chi connectivity index (χ3v) is 3.67. The predicted molar refractivity (Wildman–Crippen MR) is 76.7 cm³/mol. The van der Waals surface area contributed by atoms with E-state index >= 15 is 0 Å². The van der Waals surface area contributed by atoms with Crippen LogP contribution in [0, 0.1) is 11.3 Å². The summed E-state index contributed by atoms with van der Waals surface area (Å²) in [4.78, 5) is 26.6. The Morgan fingerprint density at radius 1 is 1.11 bits per heavy atom. The van der Waals surface area contributed by atoms with Crippen molar-refractivity contribution in [1.82, 2.24) is 10.2 Å². The highest BCUT2D eigenvalue weighted by molar-refractivity contribution is 6.04. The summed E-state index contributed by atoms with van der Waals surface area (Å²) in [6, 6.07) is 0. The highest BCUT2D eigenvalue weighted by Crippen LogP contribution is 2.22. The van der Waals surface area contributed by atoms with E-state index in [-0.39, 0.29) is 11.8 Å². The SMILES string of the molecule is CC(C)CNC(=O)C(C)(C)C(=O)N1CCCCCC1. The largest absolute Gasteiger partial charge is 0.355 e. The van der Waals surface area contributed by atoms with Crippen molar-refractivity contribution in [2.24, 2.45) is 11.3 Å². The normalized spacial score (nSPS) is 17.2. The molecule has 0 aromatic heterocycles. The van der Waals surface area contributed by atoms with Crippen LogP contribution in [0.2, 0.25) is 0 Å². The van der Waals surface area contributed by atoms with Crippen LogP contribution in [0.1, 0.15) is 53.4 Å². The first-order chi connectivity index (χ1) is 8.85. The molecule has 19 heavy (non-hydrogen) atoms. The lowest BCUT2D eigenvalue weighted by Crippen LogP contribution is -2.50. The van der Waals surface area contributed by atoms with Gasteiger partial charge in [0.15, 0.2) is 0 Å². The molecule has 0 bridgehead atoms. The highest BCUT2D eigenvalue weighted by atomic mass is 16.2. The second kappa shape index (κ2) is 6.92. The van der Waals surface area contributed by atoms with E-state index < -0.39 is 5.41 Å². The van der Waals surface area contributed by atoms with Gasteiger partial charge in [0.05, 0.1) is 0 Å². The minimum Gasteiger partial charge on any atom is -0.355 e. The van der Waals surface area contributed by atoms with Crippen molar-refractivity contribution < 1.29 is 9.59 Å². The van der Waals surface area contributed by atoms with Gasteiger partial charge < -0.3 is 10.2 Å². The summed E-state index contributed by atoms with van der Waals surface area (Å²) < 4.78 is 0. The molecule has 0 unspecified atom stereocenters. The Balaban J connectivity index is 2.63. The second-order valence-electron chi connectivity index (χ2n) is 6.44. The van der Waals surface area contributed by atoms with Crippen LogP contribution in [0.3, 0.4) is 0 Å². The number of carbonyl (C=O) groups excluding carboxylic acids is 2. The van der Waals surface area contributed by atoms with E-state index in [9.17, 15) is 9.59 Å². The van der Waals surface area contributed by atoms with Gasteiger partial charge in [-0.1, -0.05) is 26.7 Å². The number of hydrogen-bond donors (Lipinski definition) is 1. The first-order valence-electron chi connectivity index (χ1n) is 7.43. The van der Waals surface area contributed by atoms with Gasteiger partial charge in [0.1, 0.15) is 5.41 Å². The number of hydrogen-bond acceptors (Lipinski definition) is 2. The summed E-state index contributed by atoms with van der Waals surface area (Å²) >= 11 is 0. The van der Waals surface area contributed by atoms with E-state index in [4.69, 9.17) is 0 Å². The van der Waals surface area contributed by atoms with Crippen molar-refractivity contribution in [3.05, 3.63) is 0 Å². The molecular formula is C15H28N2O2. The summed E-state index contributed by atoms with van der Waals surface area (Å²) in [6.45, 7) is 9.76. The zero-order chi connectivity index (χ0) is 14.5. The van der Waals surface area contributed by atoms with Crippen LogP contribution in [0.5, 0.6) is 0 Å². The van der Waals surface area contributed by atoms with Crippen molar-refractivity contribution in [2.45, 2.75) is 53.4 Å². The molecule has 0 radical (unpaired) electrons. The summed E-state index contributed by atoms with van der Waals surface area (Å²) in [5.41, 5.74) is -0.959. The van der Waals surface area contributed by atoms with Gasteiger partial charge in [-0.2, -0.15) is 0 Å². The lowest BCUT2D eigenvalue weighted by molar-refractivity contribution is -0.148. The summed E-state index contributed by atoms with van der Waals surface area (Å²) in [7, 11) is 0. The molecule has 1 heterocycles. The second-order valence-corrected chi connectivity index (χ2v) is 6.44. The highest BCUT2D eigenvalue weighted by Gasteiger charge is 2.39. The molecule has 0 atom stereocenters. The molecule has 1 aliphatic rings. The van der Waals surface area contributed by atoms with E-state index in [0.717, 1.165) is 25.9 Å². The molecule has 0 saturated carbocycles. The van der Waals surface area contributed by atoms with Gasteiger partial charge in [0.2, 0.25) is 11.8 Å². The molecule has 0 aliphatic carbocycles. The Morgan fingerprint density at radius 3 is 2.11 bits per heavy atom. The van der Waals surface area contributed by atoms with Gasteiger partial charge in [-0.05, 0) is 32.6 Å². The van der Waals surface area contributed by atoms with Crippen LogP contribution in [0.15, 0.2) is 0 Å². The average molecular weight is 268 g/mol. The Bertz CT molecular complexity index is 316. The van der Waals surface area contributed by atoms with Gasteiger partial charge in [-0.15, -0.1) is 0 Å². The van der Waals surface area contributed by atoms with E-state index in [1.54, 1.807) is 13.8 Å². The Morgan fingerprint density at radius 2 is 1.63 bits per heavy atom. The van der Waals surface area contributed by atoms with Gasteiger partial charge in [0.25, 0.3) is 0 Å². The summed E-state index contributed by atoms with van der Waals surface area (Å²) in [5, 5.41) is 2.87. The monoisotopic (exact) mass is 268 g/mol. The predicted octanol–water partition coefficient (Wildman–Crippen LogP) is 2.19. The smallest absolute Gasteiger partial charge is 0.237 e. The van der Waals surface area contributed by atoms with Gasteiger partial charge in [0, 0.05) is 19.6 Å². The molecule has 4 nitrogen and oxygen atoms in total. The molecule has 110 valence electrons. The van der Waals surface area contributed by atoms with Crippen molar-refractivity contribution in [1.29, 1.82) is 0 Å². The molecule has 2 amide bonds. The number of carbonyl (C=O) groups is 2. The maximum Gasteiger partial charge on any atom is 0.237 e. The zero-order valence-electron chi connectivity index (χ0n) is 12.8. The van der Waals surface area contributed by atoms with E-state index in [1.165, 1.54) is 12.8 Å². The maximum atomic E-state index is 12.5. The molecule has 0 aromatic carbocycles. The van der Waals surface area contributed by atoms with Crippen molar-refractivity contribution in [2.75, 3.05) is 19.6 Å². The van der Waals surface area contributed by atoms with Crippen LogP contribution in [-0.2, 0) is 9.59 Å². The third kappa shape index (κ3) is 4.51. The van der Waals surface area contributed by atoms with Gasteiger partial charge in [-0.3, -0.25) is 9.59 Å². The molecule has 1 aliphatic heterocycles. The third-order valence-electron chi connectivity index (χ3n) is 3.67. The number of rotatable bonds is 4. The van der Waals surface area contributed by atoms with Crippen molar-refractivity contribution >= 4 is 11.8 Å². The van der Waals surface area contributed by atoms with Crippen LogP contribution in [0.25, 0.3) is 0 Å². The fourth-order valence-electron chi connectivity index (χ4n) is 2.28. The molecular weight excluding hydrogens is 240 g/mol. The topological polar surface area (TPSA) is 49.4 Å². The lowest BCUT2D eigenvalue weighted by Gasteiger charge is -2.30. The lowest BCUT2D eigenvalue weighted by atomic mass is 9.90. The fraction of sp³-hybridized carbons (Fsp3) is 0.867. The Labute approximate surface area is 116 Å². The number of likely N-dealkylation sites (tertiary alicyclic amines) is 1. The first kappa shape index (κ1) is 16.0. The van der Waals surface area contributed by atoms with Crippen LogP contribution in [0.4, 0.5) is 0 Å². The molecule has 1 N–H and O–H groups in total. The molecule has 0 aromatic rings. The first-order valence-corrected chi connectivity index (χ1v) is 7.43. The van der Waals surface area contributed by atoms with Crippen LogP contribution < -0.4 is 5.32 Å². The van der Waals surface area contributed by atoms with Crippen LogP contribution in [-0.4, -0.2) is 36.3 Å². The summed E-state index contributed by atoms with van der Waals surface area (Å²) in [5.74, 6) is 0.208. The minimum absolute atomic E-state index is 0.0318. The van der Waals surface area contributed by atoms with Crippen molar-refractivity contribution in [3.63, 3.8) is 0 Å². The fourth-order valence-corrected chi connectivity index (χ4v) is 2.28. The molecule has 1 fully saturated rings. The Kier molecular flexibility index (Phi) is 5.83. The average Bonchev–Trinajstić information content (AvgIpc) is 2.63. The maximum absolute atomic E-state index is 12.5. The quantitative estimate of drug-likeness (QED) is 0.795. The van der Waals surface area contributed by atoms with Gasteiger partial charge >= 0.3 is 0 Å². The number of nitrogens with one attached hydrogen (secondary N) is 1. The number of amides is 2. The van der Waals surface area contributed by atoms with Crippen LogP contribution >= 0.6 is 0 Å². The van der Waals surface area contributed by atoms with E-state index in [0.29, 0.717) is 12.5 Å². The standard InChI is InChI=1S/C15H28N2O2/c1-12(2)11-16-13(18)15(3,4)14(19)17-9-7-5-6-8-10-17/h12H,5-11H2,1-4H3,(H,16,18). The zero-order valence-corrected chi connectivity index (χ0v) is 12.8. The van der Waals surface area contributed by atoms with Gasteiger partial charge in [-0.25, -0.2) is 0 Å². The summed E-state index contributed by atoms with van der Waals surface area (Å²) in [6.07, 6.45) is 4.47. The molecule has 4 heteroatoms. The number of nitrogens with zero attached hydrogens (tertiary/aromatic N) is 1. The molecule has 1 rings (SSSR count). The molecule has 1 saturated heterocycles. The Hall–Kier alpha value is -1.06. The minimum atomic E-state index is -0.959. The van der Waals surface area contributed by atoms with E-state index in [1.807, 2.05) is 18.7 Å². The van der Waals surface area contributed by atoms with E-state index in [2.05, 4.69) is 5.32 Å². The van der Waals surface area contributed by atoms with Crippen molar-refractivity contribution in [3.8, 4) is 0 Å². The molecule has 0 spiro atoms.